The summed E-state index contributed by atoms with van der Waals surface area (Å²) in [5.41, 5.74) is 0.409. The number of phenols is 2. The van der Waals surface area contributed by atoms with Crippen molar-refractivity contribution in [3.05, 3.63) is 18.2 Å². The van der Waals surface area contributed by atoms with Crippen molar-refractivity contribution in [2.45, 2.75) is 50.4 Å². The number of hydroxylamine groups is 2. The van der Waals surface area contributed by atoms with Gasteiger partial charge in [0.2, 0.25) is 0 Å². The molecule has 174 valence electrons. The van der Waals surface area contributed by atoms with Crippen molar-refractivity contribution in [1.82, 2.24) is 10.5 Å². The van der Waals surface area contributed by atoms with E-state index in [1.807, 2.05) is 0 Å². The molecule has 3 atom stereocenters. The quantitative estimate of drug-likeness (QED) is 0.0961. The maximum atomic E-state index is 11.4. The van der Waals surface area contributed by atoms with Gasteiger partial charge < -0.3 is 35.8 Å². The number of nitrogens with one attached hydrogen (secondary N) is 2. The number of benzene rings is 1. The normalized spacial score (nSPS) is 20.3. The number of hydrogen-bond acceptors (Lipinski definition) is 9. The van der Waals surface area contributed by atoms with Gasteiger partial charge in [0.05, 0.1) is 25.4 Å². The van der Waals surface area contributed by atoms with Gasteiger partial charge >= 0.3 is 6.03 Å². The lowest BCUT2D eigenvalue weighted by molar-refractivity contribution is -0.309. The minimum atomic E-state index is -0.824. The van der Waals surface area contributed by atoms with Crippen LogP contribution in [0.25, 0.3) is 0 Å². The Hall–Kier alpha value is -2.59. The number of carbonyl (C=O) groups excluding carboxylic acids is 1. The van der Waals surface area contributed by atoms with Crippen LogP contribution in [0.2, 0.25) is 0 Å². The lowest BCUT2D eigenvalue weighted by atomic mass is 10.0. The lowest BCUT2D eigenvalue weighted by Gasteiger charge is -2.30. The molecular formula is C20H31N3O8. The minimum Gasteiger partial charge on any atom is -0.504 e. The molecular weight excluding hydrogens is 410 g/mol. The summed E-state index contributed by atoms with van der Waals surface area (Å²) in [5, 5.41) is 58.8. The van der Waals surface area contributed by atoms with Crippen molar-refractivity contribution in [3.63, 3.8) is 0 Å². The van der Waals surface area contributed by atoms with Gasteiger partial charge in [-0.25, -0.2) is 4.79 Å². The van der Waals surface area contributed by atoms with Gasteiger partial charge in [0, 0.05) is 31.1 Å². The zero-order valence-corrected chi connectivity index (χ0v) is 17.1. The second-order valence-corrected chi connectivity index (χ2v) is 6.96. The Morgan fingerprint density at radius 1 is 1.19 bits per heavy atom. The summed E-state index contributed by atoms with van der Waals surface area (Å²) in [7, 11) is 0. The molecule has 8 N–H and O–H groups in total. The van der Waals surface area contributed by atoms with Crippen molar-refractivity contribution in [1.29, 1.82) is 0 Å². The number of ether oxygens (including phenoxy) is 1. The molecule has 0 radical (unpaired) electrons. The fourth-order valence-corrected chi connectivity index (χ4v) is 2.63. The van der Waals surface area contributed by atoms with Crippen LogP contribution in [-0.2, 0) is 4.74 Å². The smallest absolute Gasteiger partial charge is 0.319 e. The molecule has 0 aromatic heterocycles. The van der Waals surface area contributed by atoms with Crippen LogP contribution in [0.1, 0.15) is 32.1 Å². The van der Waals surface area contributed by atoms with Crippen molar-refractivity contribution >= 4 is 11.7 Å². The minimum absolute atomic E-state index is 0.0630. The third-order valence-corrected chi connectivity index (χ3v) is 4.37. The second-order valence-electron chi connectivity index (χ2n) is 6.96. The Bertz CT molecular complexity index is 710. The summed E-state index contributed by atoms with van der Waals surface area (Å²) < 4.78 is 5.15. The number of urea groups is 1. The fourth-order valence-electron chi connectivity index (χ4n) is 2.63. The zero-order chi connectivity index (χ0) is 23.2. The van der Waals surface area contributed by atoms with E-state index in [0.717, 1.165) is 12.8 Å². The molecule has 0 saturated carbocycles. The van der Waals surface area contributed by atoms with Crippen LogP contribution >= 0.6 is 0 Å². The number of carbonyl (C=O) groups is 1. The summed E-state index contributed by atoms with van der Waals surface area (Å²) in [5.74, 6) is 2.02. The number of unbranched alkanes of at least 4 members (excludes halogenated alkanes) is 2. The molecule has 0 aliphatic carbocycles. The molecule has 1 saturated heterocycles. The molecule has 31 heavy (non-hydrogen) atoms. The van der Waals surface area contributed by atoms with Crippen molar-refractivity contribution in [2.75, 3.05) is 25.0 Å². The van der Waals surface area contributed by atoms with Gasteiger partial charge in [-0.2, -0.15) is 0 Å². The Kier molecular flexibility index (Phi) is 12.3. The molecule has 2 rings (SSSR count). The molecule has 1 heterocycles. The van der Waals surface area contributed by atoms with E-state index >= 15 is 0 Å². The van der Waals surface area contributed by atoms with E-state index in [9.17, 15) is 15.0 Å². The van der Waals surface area contributed by atoms with Crippen LogP contribution in [-0.4, -0.2) is 80.1 Å². The van der Waals surface area contributed by atoms with Gasteiger partial charge in [0.25, 0.3) is 0 Å². The molecule has 11 nitrogen and oxygen atoms in total. The first kappa shape index (κ1) is 26.4. The van der Waals surface area contributed by atoms with Gasteiger partial charge in [-0.3, -0.25) is 10.4 Å². The van der Waals surface area contributed by atoms with Crippen LogP contribution < -0.4 is 10.6 Å². The molecule has 1 aliphatic heterocycles. The number of terminal acetylenes is 1. The third-order valence-electron chi connectivity index (χ3n) is 4.37. The van der Waals surface area contributed by atoms with Crippen LogP contribution in [0.3, 0.4) is 0 Å². The summed E-state index contributed by atoms with van der Waals surface area (Å²) in [4.78, 5) is 11.4. The summed E-state index contributed by atoms with van der Waals surface area (Å²) >= 11 is 0. The van der Waals surface area contributed by atoms with E-state index in [2.05, 4.69) is 16.6 Å². The Balaban J connectivity index is 0.000000327. The van der Waals surface area contributed by atoms with E-state index in [1.165, 1.54) is 18.2 Å². The van der Waals surface area contributed by atoms with Crippen molar-refractivity contribution in [3.8, 4) is 23.8 Å². The molecule has 0 spiro atoms. The Labute approximate surface area is 180 Å². The number of hydrogen-bond donors (Lipinski definition) is 8. The van der Waals surface area contributed by atoms with Gasteiger partial charge in [-0.1, -0.05) is 5.23 Å². The van der Waals surface area contributed by atoms with Crippen LogP contribution in [0.4, 0.5) is 10.5 Å². The maximum Gasteiger partial charge on any atom is 0.319 e. The zero-order valence-electron chi connectivity index (χ0n) is 17.1. The van der Waals surface area contributed by atoms with E-state index in [1.54, 1.807) is 0 Å². The standard InChI is InChI=1S/C13H16N2O3.C7H15NO5/c1-2-3-4-5-8-14-13(18)15-10-6-7-11(16)12(17)9-10;9-6-3-5(1-2-8(11)12)13-4-7(6)10/h1,6-7,9,16-17H,3-5,8H2,(H2,14,15,18);5-7,9-12H,1-4H2. The first-order chi connectivity index (χ1) is 14.7. The highest BCUT2D eigenvalue weighted by Gasteiger charge is 2.28. The molecule has 1 aromatic rings. The third kappa shape index (κ3) is 11.4. The number of phenolic OH excluding ortho intramolecular Hbond substituents is 2. The predicted octanol–water partition coefficient (Wildman–Crippen LogP) is 0.990. The first-order valence-electron chi connectivity index (χ1n) is 9.86. The van der Waals surface area contributed by atoms with Crippen molar-refractivity contribution in [2.24, 2.45) is 0 Å². The van der Waals surface area contributed by atoms with Gasteiger partial charge in [-0.15, -0.1) is 12.3 Å². The van der Waals surface area contributed by atoms with Gasteiger partial charge in [0.1, 0.15) is 6.10 Å². The predicted molar refractivity (Wildman–Crippen MR) is 111 cm³/mol. The Morgan fingerprint density at radius 2 is 1.94 bits per heavy atom. The highest BCUT2D eigenvalue weighted by molar-refractivity contribution is 5.89. The van der Waals surface area contributed by atoms with E-state index in [0.29, 0.717) is 31.5 Å². The molecule has 2 amide bonds. The van der Waals surface area contributed by atoms with Crippen LogP contribution in [0.15, 0.2) is 18.2 Å². The molecule has 1 aromatic carbocycles. The maximum absolute atomic E-state index is 11.4. The van der Waals surface area contributed by atoms with Crippen LogP contribution in [0.5, 0.6) is 11.5 Å². The van der Waals surface area contributed by atoms with E-state index in [-0.39, 0.29) is 42.0 Å². The topological polar surface area (TPSA) is 175 Å². The number of anilines is 1. The van der Waals surface area contributed by atoms with Gasteiger partial charge in [-0.05, 0) is 31.4 Å². The highest BCUT2D eigenvalue weighted by atomic mass is 16.8. The van der Waals surface area contributed by atoms with E-state index < -0.39 is 12.2 Å². The average molecular weight is 441 g/mol. The summed E-state index contributed by atoms with van der Waals surface area (Å²) in [6.45, 7) is 0.702. The molecule has 1 fully saturated rings. The van der Waals surface area contributed by atoms with E-state index in [4.69, 9.17) is 31.8 Å². The monoisotopic (exact) mass is 441 g/mol. The summed E-state index contributed by atoms with van der Waals surface area (Å²) in [6, 6.07) is 3.71. The number of amides is 2. The largest absolute Gasteiger partial charge is 0.504 e. The Morgan fingerprint density at radius 3 is 2.55 bits per heavy atom. The number of rotatable bonds is 8. The number of aliphatic hydroxyl groups excluding tert-OH is 2. The van der Waals surface area contributed by atoms with Crippen LogP contribution in [0, 0.1) is 12.3 Å². The molecule has 11 heteroatoms. The summed E-state index contributed by atoms with van der Waals surface area (Å²) in [6.07, 6.45) is 6.42. The molecule has 0 bridgehead atoms. The highest BCUT2D eigenvalue weighted by Crippen LogP contribution is 2.27. The number of aromatic hydroxyl groups is 2. The lowest BCUT2D eigenvalue weighted by Crippen LogP contribution is -2.42. The van der Waals surface area contributed by atoms with Gasteiger partial charge in [0.15, 0.2) is 11.5 Å². The first-order valence-corrected chi connectivity index (χ1v) is 9.86. The average Bonchev–Trinajstić information content (AvgIpc) is 2.72. The fraction of sp³-hybridized carbons (Fsp3) is 0.550. The molecule has 3 unspecified atom stereocenters. The number of aliphatic hydroxyl groups is 2. The molecule has 1 aliphatic rings. The van der Waals surface area contributed by atoms with Crippen molar-refractivity contribution < 1.29 is 40.4 Å². The number of nitrogens with zero attached hydrogens (tertiary/aromatic N) is 1. The second kappa shape index (κ2) is 14.4. The SMILES string of the molecule is C#CCCCCNC(=O)Nc1ccc(O)c(O)c1.OC1COC(CCN(O)O)CC1O.